The van der Waals surface area contributed by atoms with Gasteiger partial charge in [0.1, 0.15) is 0 Å². The summed E-state index contributed by atoms with van der Waals surface area (Å²) in [4.78, 5) is 0. The molecule has 0 radical (unpaired) electrons. The van der Waals surface area contributed by atoms with Gasteiger partial charge >= 0.3 is 0 Å². The van der Waals surface area contributed by atoms with E-state index in [2.05, 4.69) is 40.2 Å². The summed E-state index contributed by atoms with van der Waals surface area (Å²) in [5.74, 6) is 0. The van der Waals surface area contributed by atoms with Crippen LogP contribution in [0.15, 0.2) is 12.2 Å². The highest BCUT2D eigenvalue weighted by Crippen LogP contribution is 2.00. The second-order valence-electron chi connectivity index (χ2n) is 4.44. The van der Waals surface area contributed by atoms with Gasteiger partial charge in [0.05, 0.1) is 27.7 Å². The average molecular weight is 250 g/mol. The molecule has 0 spiro atoms. The Balaban J connectivity index is 0. The van der Waals surface area contributed by atoms with Crippen LogP contribution in [-0.2, 0) is 0 Å². The van der Waals surface area contributed by atoms with Crippen molar-refractivity contribution in [3.05, 3.63) is 12.2 Å². The van der Waals surface area contributed by atoms with Gasteiger partial charge in [-0.25, -0.2) is 0 Å². The Morgan fingerprint density at radius 1 is 1.00 bits per heavy atom. The van der Waals surface area contributed by atoms with Gasteiger partial charge in [0.2, 0.25) is 0 Å². The lowest BCUT2D eigenvalue weighted by molar-refractivity contribution is -0.864. The minimum absolute atomic E-state index is 0. The van der Waals surface area contributed by atoms with Gasteiger partial charge in [-0.2, -0.15) is 0 Å². The molecule has 0 saturated carbocycles. The zero-order chi connectivity index (χ0) is 9.45. The third-order valence-corrected chi connectivity index (χ3v) is 1.79. The fraction of sp³-hybridized carbons (Fsp3) is 0.818. The molecule has 2 heteroatoms. The monoisotopic (exact) mass is 249 g/mol. The predicted molar refractivity (Wildman–Crippen MR) is 56.2 cm³/mol. The van der Waals surface area contributed by atoms with Gasteiger partial charge in [-0.05, 0) is 18.9 Å². The average Bonchev–Trinajstić information content (AvgIpc) is 1.94. The van der Waals surface area contributed by atoms with E-state index in [1.54, 1.807) is 0 Å². The van der Waals surface area contributed by atoms with E-state index in [1.807, 2.05) is 0 Å². The van der Waals surface area contributed by atoms with Crippen LogP contribution < -0.4 is 17.0 Å². The van der Waals surface area contributed by atoms with E-state index >= 15 is 0 Å². The van der Waals surface area contributed by atoms with Crippen molar-refractivity contribution in [2.45, 2.75) is 32.6 Å². The highest BCUT2D eigenvalue weighted by atomic mass is 79.9. The first-order valence-corrected chi connectivity index (χ1v) is 5.01. The Kier molecular flexibility index (Phi) is 10.5. The number of halogens is 1. The maximum atomic E-state index is 2.32. The molecule has 0 aliphatic rings. The molecule has 0 aliphatic heterocycles. The number of nitrogens with zero attached hydrogens (tertiary/aromatic N) is 1. The van der Waals surface area contributed by atoms with E-state index in [9.17, 15) is 0 Å². The molecule has 0 bridgehead atoms. The summed E-state index contributed by atoms with van der Waals surface area (Å²) in [7, 11) is 6.66. The van der Waals surface area contributed by atoms with Crippen molar-refractivity contribution >= 4 is 0 Å². The van der Waals surface area contributed by atoms with E-state index in [-0.39, 0.29) is 17.0 Å². The largest absolute Gasteiger partial charge is 1.00 e. The van der Waals surface area contributed by atoms with Crippen molar-refractivity contribution in [2.75, 3.05) is 27.7 Å². The summed E-state index contributed by atoms with van der Waals surface area (Å²) in [6, 6.07) is 0. The predicted octanol–water partition coefficient (Wildman–Crippen LogP) is -0.167. The van der Waals surface area contributed by atoms with E-state index in [1.165, 1.54) is 25.7 Å². The smallest absolute Gasteiger partial charge is 0.0967 e. The first kappa shape index (κ1) is 15.6. The van der Waals surface area contributed by atoms with Gasteiger partial charge in [-0.15, -0.1) is 0 Å². The Bertz CT molecular complexity index is 125. The van der Waals surface area contributed by atoms with Crippen LogP contribution in [0.3, 0.4) is 0 Å². The van der Waals surface area contributed by atoms with Gasteiger partial charge in [0.25, 0.3) is 0 Å². The van der Waals surface area contributed by atoms with Crippen LogP contribution in [0.1, 0.15) is 32.6 Å². The summed E-state index contributed by atoms with van der Waals surface area (Å²) >= 11 is 0. The van der Waals surface area contributed by atoms with Gasteiger partial charge in [-0.3, -0.25) is 0 Å². The first-order chi connectivity index (χ1) is 5.56. The van der Waals surface area contributed by atoms with Gasteiger partial charge in [0.15, 0.2) is 0 Å². The third-order valence-electron chi connectivity index (χ3n) is 1.79. The second kappa shape index (κ2) is 8.76. The molecule has 0 rings (SSSR count). The maximum absolute atomic E-state index is 2.32. The van der Waals surface area contributed by atoms with Crippen molar-refractivity contribution in [1.82, 2.24) is 0 Å². The number of rotatable bonds is 6. The van der Waals surface area contributed by atoms with Gasteiger partial charge in [0, 0.05) is 0 Å². The Labute approximate surface area is 94.2 Å². The number of allylic oxidation sites excluding steroid dienone is 1. The van der Waals surface area contributed by atoms with Crippen molar-refractivity contribution in [2.24, 2.45) is 0 Å². The highest BCUT2D eigenvalue weighted by Gasteiger charge is 2.00. The molecule has 0 aromatic rings. The molecule has 0 fully saturated rings. The molecular formula is C11H24BrN. The number of likely N-dealkylation sites (N-methyl/N-ethyl adjacent to an activating group) is 1. The summed E-state index contributed by atoms with van der Waals surface area (Å²) in [5, 5.41) is 0. The normalized spacial score (nSPS) is 11.7. The standard InChI is InChI=1S/C11H24N.BrH/c1-5-6-7-8-9-10-11-12(2,3)4;/h9-10H,5-8,11H2,1-4H3;1H/q+1;/p-1. The number of hydrogen-bond acceptors (Lipinski definition) is 0. The molecule has 0 unspecified atom stereocenters. The fourth-order valence-corrected chi connectivity index (χ4v) is 1.02. The topological polar surface area (TPSA) is 0 Å². The van der Waals surface area contributed by atoms with Crippen molar-refractivity contribution < 1.29 is 21.5 Å². The lowest BCUT2D eigenvalue weighted by Crippen LogP contribution is -3.00. The van der Waals surface area contributed by atoms with Gasteiger partial charge < -0.3 is 21.5 Å². The van der Waals surface area contributed by atoms with Crippen LogP contribution in [0.25, 0.3) is 0 Å². The quantitative estimate of drug-likeness (QED) is 0.349. The minimum atomic E-state index is 0. The lowest BCUT2D eigenvalue weighted by Gasteiger charge is -2.21. The minimum Gasteiger partial charge on any atom is -1.00 e. The summed E-state index contributed by atoms with van der Waals surface area (Å²) in [6.07, 6.45) is 9.92. The molecule has 13 heavy (non-hydrogen) atoms. The summed E-state index contributed by atoms with van der Waals surface area (Å²) in [5.41, 5.74) is 0. The molecule has 0 atom stereocenters. The molecular weight excluding hydrogens is 226 g/mol. The third kappa shape index (κ3) is 15.0. The molecule has 0 heterocycles. The SMILES string of the molecule is CCCCCC=CC[N+](C)(C)C.[Br-]. The molecule has 0 saturated heterocycles. The summed E-state index contributed by atoms with van der Waals surface area (Å²) in [6.45, 7) is 3.39. The molecule has 0 aliphatic carbocycles. The van der Waals surface area contributed by atoms with Crippen LogP contribution in [0.5, 0.6) is 0 Å². The highest BCUT2D eigenvalue weighted by molar-refractivity contribution is 4.80. The van der Waals surface area contributed by atoms with E-state index < -0.39 is 0 Å². The number of unbranched alkanes of at least 4 members (excludes halogenated alkanes) is 3. The Morgan fingerprint density at radius 3 is 2.08 bits per heavy atom. The van der Waals surface area contributed by atoms with Crippen molar-refractivity contribution in [3.63, 3.8) is 0 Å². The number of quaternary nitrogens is 1. The van der Waals surface area contributed by atoms with Gasteiger partial charge in [-0.1, -0.05) is 25.8 Å². The summed E-state index contributed by atoms with van der Waals surface area (Å²) < 4.78 is 1.03. The van der Waals surface area contributed by atoms with Crippen LogP contribution >= 0.6 is 0 Å². The lowest BCUT2D eigenvalue weighted by atomic mass is 10.2. The maximum Gasteiger partial charge on any atom is 0.0967 e. The van der Waals surface area contributed by atoms with Crippen molar-refractivity contribution in [3.8, 4) is 0 Å². The van der Waals surface area contributed by atoms with E-state index in [4.69, 9.17) is 0 Å². The first-order valence-electron chi connectivity index (χ1n) is 5.01. The molecule has 0 aromatic heterocycles. The van der Waals surface area contributed by atoms with Crippen LogP contribution in [0.2, 0.25) is 0 Å². The zero-order valence-corrected chi connectivity index (χ0v) is 11.1. The van der Waals surface area contributed by atoms with Crippen LogP contribution in [0.4, 0.5) is 0 Å². The Morgan fingerprint density at radius 2 is 1.62 bits per heavy atom. The fourth-order valence-electron chi connectivity index (χ4n) is 1.02. The molecule has 0 N–H and O–H groups in total. The second-order valence-corrected chi connectivity index (χ2v) is 4.44. The Hall–Kier alpha value is 0.180. The number of hydrogen-bond donors (Lipinski definition) is 0. The van der Waals surface area contributed by atoms with E-state index in [0.29, 0.717) is 0 Å². The molecule has 1 nitrogen and oxygen atoms in total. The van der Waals surface area contributed by atoms with Crippen LogP contribution in [-0.4, -0.2) is 32.2 Å². The van der Waals surface area contributed by atoms with E-state index in [0.717, 1.165) is 11.0 Å². The molecule has 0 aromatic carbocycles. The molecule has 0 amide bonds. The van der Waals surface area contributed by atoms with Crippen molar-refractivity contribution in [1.29, 1.82) is 0 Å². The van der Waals surface area contributed by atoms with Crippen LogP contribution in [0, 0.1) is 0 Å². The zero-order valence-electron chi connectivity index (χ0n) is 9.52. The molecule has 80 valence electrons.